The van der Waals surface area contributed by atoms with Crippen LogP contribution in [0.3, 0.4) is 0 Å². The molecule has 1 aromatic carbocycles. The lowest BCUT2D eigenvalue weighted by atomic mass is 10.1. The molecule has 0 bridgehead atoms. The van der Waals surface area contributed by atoms with Gasteiger partial charge in [0, 0.05) is 18.7 Å². The highest BCUT2D eigenvalue weighted by Gasteiger charge is 2.32. The zero-order chi connectivity index (χ0) is 21.0. The fourth-order valence-electron chi connectivity index (χ4n) is 2.50. The first-order chi connectivity index (χ1) is 13.9. The zero-order valence-corrected chi connectivity index (χ0v) is 15.8. The van der Waals surface area contributed by atoms with Crippen molar-refractivity contribution in [2.75, 3.05) is 6.54 Å². The van der Waals surface area contributed by atoms with Gasteiger partial charge in [-0.25, -0.2) is 0 Å². The van der Waals surface area contributed by atoms with Gasteiger partial charge in [0.1, 0.15) is 29.4 Å². The van der Waals surface area contributed by atoms with Crippen molar-refractivity contribution in [1.29, 1.82) is 0 Å². The molecular weight excluding hydrogens is 398 g/mol. The van der Waals surface area contributed by atoms with Crippen molar-refractivity contribution >= 4 is 40.9 Å². The number of furan rings is 1. The summed E-state index contributed by atoms with van der Waals surface area (Å²) < 4.78 is 11.1. The van der Waals surface area contributed by atoms with Gasteiger partial charge in [-0.15, -0.1) is 6.58 Å². The van der Waals surface area contributed by atoms with E-state index in [2.05, 4.69) is 11.9 Å². The predicted molar refractivity (Wildman–Crippen MR) is 107 cm³/mol. The van der Waals surface area contributed by atoms with Crippen LogP contribution in [0, 0.1) is 10.1 Å². The van der Waals surface area contributed by atoms with Gasteiger partial charge in [0.25, 0.3) is 17.5 Å². The highest BCUT2D eigenvalue weighted by Crippen LogP contribution is 2.20. The third kappa shape index (κ3) is 4.55. The van der Waals surface area contributed by atoms with E-state index in [1.807, 2.05) is 0 Å². The van der Waals surface area contributed by atoms with Crippen LogP contribution >= 0.6 is 12.2 Å². The maximum absolute atomic E-state index is 12.5. The number of non-ortho nitro benzene ring substituents is 1. The van der Waals surface area contributed by atoms with Crippen molar-refractivity contribution in [2.24, 2.45) is 0 Å². The number of hydrogen-bond acceptors (Lipinski definition) is 7. The molecule has 29 heavy (non-hydrogen) atoms. The molecule has 1 aliphatic heterocycles. The Hall–Kier alpha value is -3.79. The number of nitro benzene ring substituents is 1. The van der Waals surface area contributed by atoms with Gasteiger partial charge >= 0.3 is 0 Å². The van der Waals surface area contributed by atoms with Crippen LogP contribution < -0.4 is 10.1 Å². The summed E-state index contributed by atoms with van der Waals surface area (Å²) in [5, 5.41) is 13.1. The maximum Gasteiger partial charge on any atom is 0.269 e. The Morgan fingerprint density at radius 3 is 2.62 bits per heavy atom. The monoisotopic (exact) mass is 413 g/mol. The summed E-state index contributed by atoms with van der Waals surface area (Å²) in [5.41, 5.74) is -0.151. The van der Waals surface area contributed by atoms with E-state index in [0.29, 0.717) is 11.5 Å². The molecule has 0 unspecified atom stereocenters. The molecule has 1 fully saturated rings. The molecule has 0 aliphatic carbocycles. The van der Waals surface area contributed by atoms with Crippen molar-refractivity contribution in [3.8, 4) is 5.75 Å². The van der Waals surface area contributed by atoms with Crippen LogP contribution in [0.25, 0.3) is 6.08 Å². The minimum absolute atomic E-state index is 0.0219. The van der Waals surface area contributed by atoms with Crippen molar-refractivity contribution in [2.45, 2.75) is 6.61 Å². The number of hydrogen-bond donors (Lipinski definition) is 1. The van der Waals surface area contributed by atoms with Crippen LogP contribution in [-0.2, 0) is 16.2 Å². The maximum atomic E-state index is 12.5. The van der Waals surface area contributed by atoms with Crippen molar-refractivity contribution < 1.29 is 23.7 Å². The molecule has 1 aromatic heterocycles. The van der Waals surface area contributed by atoms with E-state index in [1.165, 1.54) is 41.3 Å². The fraction of sp³-hybridized carbons (Fsp3) is 0.105. The molecule has 148 valence electrons. The third-order valence-corrected chi connectivity index (χ3v) is 4.22. The number of benzene rings is 1. The minimum atomic E-state index is -0.611. The summed E-state index contributed by atoms with van der Waals surface area (Å²) in [6.45, 7) is 3.79. The largest absolute Gasteiger partial charge is 0.486 e. The number of carbonyl (C=O) groups excluding carboxylic acids is 2. The summed E-state index contributed by atoms with van der Waals surface area (Å²) >= 11 is 4.99. The molecule has 9 nitrogen and oxygen atoms in total. The summed E-state index contributed by atoms with van der Waals surface area (Å²) in [6.07, 6.45) is 2.82. The van der Waals surface area contributed by atoms with Gasteiger partial charge in [-0.2, -0.15) is 0 Å². The quantitative estimate of drug-likeness (QED) is 0.185. The lowest BCUT2D eigenvalue weighted by Crippen LogP contribution is -2.53. The second-order valence-electron chi connectivity index (χ2n) is 5.87. The van der Waals surface area contributed by atoms with Gasteiger partial charge in [-0.05, 0) is 42.6 Å². The smallest absolute Gasteiger partial charge is 0.269 e. The summed E-state index contributed by atoms with van der Waals surface area (Å²) in [7, 11) is 0. The molecule has 1 saturated heterocycles. The molecule has 0 atom stereocenters. The van der Waals surface area contributed by atoms with E-state index < -0.39 is 16.7 Å². The van der Waals surface area contributed by atoms with E-state index in [9.17, 15) is 19.7 Å². The number of nitrogens with zero attached hydrogens (tertiary/aromatic N) is 2. The molecule has 1 N–H and O–H groups in total. The summed E-state index contributed by atoms with van der Waals surface area (Å²) in [5.74, 6) is 0.0101. The Bertz CT molecular complexity index is 1020. The van der Waals surface area contributed by atoms with E-state index >= 15 is 0 Å². The van der Waals surface area contributed by atoms with Gasteiger partial charge in [0.15, 0.2) is 5.11 Å². The first-order valence-electron chi connectivity index (χ1n) is 8.35. The summed E-state index contributed by atoms with van der Waals surface area (Å²) in [4.78, 5) is 36.0. The van der Waals surface area contributed by atoms with E-state index in [-0.39, 0.29) is 35.3 Å². The van der Waals surface area contributed by atoms with Gasteiger partial charge in [-0.1, -0.05) is 6.08 Å². The van der Waals surface area contributed by atoms with Crippen molar-refractivity contribution in [1.82, 2.24) is 10.2 Å². The summed E-state index contributed by atoms with van der Waals surface area (Å²) in [6, 6.07) is 8.85. The molecule has 2 heterocycles. The van der Waals surface area contributed by atoms with Crippen LogP contribution in [-0.4, -0.2) is 33.3 Å². The Morgan fingerprint density at radius 1 is 1.24 bits per heavy atom. The molecular formula is C19H15N3O6S. The van der Waals surface area contributed by atoms with Crippen molar-refractivity contribution in [3.63, 3.8) is 0 Å². The Labute approximate surface area is 170 Å². The van der Waals surface area contributed by atoms with Gasteiger partial charge < -0.3 is 9.15 Å². The van der Waals surface area contributed by atoms with Gasteiger partial charge in [-0.3, -0.25) is 29.9 Å². The Kier molecular flexibility index (Phi) is 5.84. The highest BCUT2D eigenvalue weighted by atomic mass is 32.1. The number of ether oxygens (including phenoxy) is 1. The van der Waals surface area contributed by atoms with E-state index in [1.54, 1.807) is 12.1 Å². The van der Waals surface area contributed by atoms with Crippen molar-refractivity contribution in [3.05, 3.63) is 76.3 Å². The minimum Gasteiger partial charge on any atom is -0.486 e. The Morgan fingerprint density at radius 2 is 1.97 bits per heavy atom. The number of nitro groups is 1. The fourth-order valence-corrected chi connectivity index (χ4v) is 2.75. The molecule has 2 amide bonds. The van der Waals surface area contributed by atoms with Crippen LogP contribution in [0.15, 0.2) is 59.0 Å². The standard InChI is InChI=1S/C19H15N3O6S/c1-2-9-21-18(24)16(17(23)20-19(21)29)10-14-7-8-15(28-14)11-27-13-5-3-12(4-6-13)22(25)26/h2-8,10H,1,9,11H2,(H,20,23,29)/b16-10+. The first kappa shape index (κ1) is 20.0. The molecule has 2 aromatic rings. The topological polar surface area (TPSA) is 115 Å². The van der Waals surface area contributed by atoms with Crippen LogP contribution in [0.1, 0.15) is 11.5 Å². The normalized spacial score (nSPS) is 15.4. The predicted octanol–water partition coefficient (Wildman–Crippen LogP) is 2.58. The lowest BCUT2D eigenvalue weighted by Gasteiger charge is -2.27. The Balaban J connectivity index is 1.69. The lowest BCUT2D eigenvalue weighted by molar-refractivity contribution is -0.384. The molecule has 0 radical (unpaired) electrons. The van der Waals surface area contributed by atoms with Crippen LogP contribution in [0.5, 0.6) is 5.75 Å². The molecule has 0 saturated carbocycles. The average Bonchev–Trinajstić information content (AvgIpc) is 3.14. The van der Waals surface area contributed by atoms with Crippen LogP contribution in [0.4, 0.5) is 5.69 Å². The van der Waals surface area contributed by atoms with Gasteiger partial charge in [0.2, 0.25) is 0 Å². The van der Waals surface area contributed by atoms with Crippen LogP contribution in [0.2, 0.25) is 0 Å². The average molecular weight is 413 g/mol. The number of rotatable bonds is 7. The third-order valence-electron chi connectivity index (χ3n) is 3.90. The molecule has 1 aliphatic rings. The molecule has 0 spiro atoms. The first-order valence-corrected chi connectivity index (χ1v) is 8.75. The second-order valence-corrected chi connectivity index (χ2v) is 6.25. The molecule has 3 rings (SSSR count). The number of thiocarbonyl (C=S) groups is 1. The number of nitrogens with one attached hydrogen (secondary N) is 1. The highest BCUT2D eigenvalue weighted by molar-refractivity contribution is 7.80. The number of amides is 2. The zero-order valence-electron chi connectivity index (χ0n) is 15.0. The van der Waals surface area contributed by atoms with E-state index in [4.69, 9.17) is 21.4 Å². The number of carbonyl (C=O) groups is 2. The van der Waals surface area contributed by atoms with E-state index in [0.717, 1.165) is 0 Å². The second kappa shape index (κ2) is 8.48. The SMILES string of the molecule is C=CCN1C(=O)/C(=C/c2ccc(COc3ccc([N+](=O)[O-])cc3)o2)C(=O)NC1=S. The molecule has 10 heteroatoms. The van der Waals surface area contributed by atoms with Gasteiger partial charge in [0.05, 0.1) is 4.92 Å².